The van der Waals surface area contributed by atoms with E-state index in [1.165, 1.54) is 4.90 Å². The highest BCUT2D eigenvalue weighted by atomic mass is 16.2. The van der Waals surface area contributed by atoms with Gasteiger partial charge in [-0.05, 0) is 12.8 Å². The van der Waals surface area contributed by atoms with E-state index in [1.54, 1.807) is 0 Å². The Bertz CT molecular complexity index is 239. The van der Waals surface area contributed by atoms with E-state index in [1.807, 2.05) is 0 Å². The van der Waals surface area contributed by atoms with Crippen molar-refractivity contribution in [3.8, 4) is 0 Å². The fraction of sp³-hybridized carbons (Fsp3) is 0.750. The molecule has 2 N–H and O–H groups in total. The van der Waals surface area contributed by atoms with E-state index < -0.39 is 6.03 Å². The first-order valence-electron chi connectivity index (χ1n) is 4.29. The van der Waals surface area contributed by atoms with Gasteiger partial charge in [-0.25, -0.2) is 4.79 Å². The summed E-state index contributed by atoms with van der Waals surface area (Å²) >= 11 is 0. The number of rotatable bonds is 0. The number of carbonyl (C=O) groups excluding carboxylic acids is 2. The van der Waals surface area contributed by atoms with Crippen LogP contribution in [0.3, 0.4) is 0 Å². The van der Waals surface area contributed by atoms with Gasteiger partial charge in [-0.1, -0.05) is 6.42 Å². The number of hydrogen-bond donors (Lipinski definition) is 1. The maximum Gasteiger partial charge on any atom is 0.315 e. The van der Waals surface area contributed by atoms with Crippen LogP contribution in [0.15, 0.2) is 0 Å². The van der Waals surface area contributed by atoms with Gasteiger partial charge in [-0.15, -0.1) is 0 Å². The lowest BCUT2D eigenvalue weighted by Gasteiger charge is -2.19. The summed E-state index contributed by atoms with van der Waals surface area (Å²) < 4.78 is 0. The third kappa shape index (κ3) is 0.906. The van der Waals surface area contributed by atoms with Crippen LogP contribution < -0.4 is 5.73 Å². The molecule has 0 aromatic carbocycles. The molecule has 4 nitrogen and oxygen atoms in total. The zero-order chi connectivity index (χ0) is 8.72. The number of nitrogens with zero attached hydrogens (tertiary/aromatic N) is 1. The van der Waals surface area contributed by atoms with Gasteiger partial charge in [0.25, 0.3) is 0 Å². The van der Waals surface area contributed by atoms with Gasteiger partial charge in [-0.3, -0.25) is 4.79 Å². The molecule has 2 unspecified atom stereocenters. The van der Waals surface area contributed by atoms with Crippen LogP contribution >= 0.6 is 0 Å². The zero-order valence-electron chi connectivity index (χ0n) is 6.82. The third-order valence-electron chi connectivity index (χ3n) is 2.90. The second kappa shape index (κ2) is 2.47. The lowest BCUT2D eigenvalue weighted by molar-refractivity contribution is -0.119. The highest BCUT2D eigenvalue weighted by Gasteiger charge is 2.44. The second-order valence-corrected chi connectivity index (χ2v) is 3.54. The molecule has 66 valence electrons. The molecule has 1 heterocycles. The van der Waals surface area contributed by atoms with Gasteiger partial charge in [0, 0.05) is 12.0 Å². The predicted octanol–water partition coefficient (Wildman–Crippen LogP) is 0.118. The van der Waals surface area contributed by atoms with Crippen LogP contribution in [-0.4, -0.2) is 29.3 Å². The zero-order valence-corrected chi connectivity index (χ0v) is 6.82. The molecule has 1 saturated heterocycles. The van der Waals surface area contributed by atoms with Crippen molar-refractivity contribution in [1.82, 2.24) is 4.90 Å². The first-order chi connectivity index (χ1) is 5.70. The van der Waals surface area contributed by atoms with Crippen molar-refractivity contribution in [2.24, 2.45) is 11.7 Å². The van der Waals surface area contributed by atoms with Gasteiger partial charge in [0.15, 0.2) is 5.78 Å². The number of hydrogen-bond acceptors (Lipinski definition) is 2. The molecule has 2 atom stereocenters. The molecule has 4 heteroatoms. The molecular weight excluding hydrogens is 156 g/mol. The number of nitrogens with two attached hydrogens (primary N) is 1. The molecule has 2 amide bonds. The molecule has 0 spiro atoms. The van der Waals surface area contributed by atoms with Crippen LogP contribution in [0.4, 0.5) is 4.79 Å². The van der Waals surface area contributed by atoms with Gasteiger partial charge in [0.2, 0.25) is 0 Å². The minimum absolute atomic E-state index is 0.0949. The molecule has 2 aliphatic rings. The monoisotopic (exact) mass is 168 g/mol. The summed E-state index contributed by atoms with van der Waals surface area (Å²) in [5.41, 5.74) is 5.15. The Kier molecular flexibility index (Phi) is 1.56. The summed E-state index contributed by atoms with van der Waals surface area (Å²) in [4.78, 5) is 23.7. The summed E-state index contributed by atoms with van der Waals surface area (Å²) in [6.07, 6.45) is 2.93. The number of likely N-dealkylation sites (tertiary alicyclic amines) is 1. The summed E-state index contributed by atoms with van der Waals surface area (Å²) in [7, 11) is 0. The fourth-order valence-corrected chi connectivity index (χ4v) is 2.33. The van der Waals surface area contributed by atoms with Gasteiger partial charge in [-0.2, -0.15) is 0 Å². The molecule has 0 radical (unpaired) electrons. The van der Waals surface area contributed by atoms with Crippen molar-refractivity contribution in [1.29, 1.82) is 0 Å². The Balaban J connectivity index is 2.20. The smallest absolute Gasteiger partial charge is 0.315 e. The maximum atomic E-state index is 11.3. The highest BCUT2D eigenvalue weighted by Crippen LogP contribution is 2.35. The molecule has 0 aromatic rings. The van der Waals surface area contributed by atoms with Gasteiger partial charge in [0.05, 0.1) is 6.54 Å². The molecule has 2 rings (SSSR count). The number of Topliss-reactive ketones (excluding diaryl/α,β-unsaturated/α-hetero) is 1. The maximum absolute atomic E-state index is 11.3. The van der Waals surface area contributed by atoms with E-state index in [-0.39, 0.29) is 24.3 Å². The lowest BCUT2D eigenvalue weighted by Crippen LogP contribution is -2.39. The summed E-state index contributed by atoms with van der Waals surface area (Å²) in [6.45, 7) is 0.241. The lowest BCUT2D eigenvalue weighted by atomic mass is 10.0. The molecule has 1 aliphatic heterocycles. The average Bonchev–Trinajstić information content (AvgIpc) is 2.53. The Labute approximate surface area is 70.7 Å². The normalized spacial score (nSPS) is 34.0. The number of primary amides is 1. The minimum Gasteiger partial charge on any atom is -0.351 e. The topological polar surface area (TPSA) is 63.4 Å². The van der Waals surface area contributed by atoms with Gasteiger partial charge in [0.1, 0.15) is 0 Å². The van der Waals surface area contributed by atoms with E-state index in [0.29, 0.717) is 0 Å². The fourth-order valence-electron chi connectivity index (χ4n) is 2.33. The standard InChI is InChI=1S/C8H12N2O2/c9-8(12)10-4-7(11)5-2-1-3-6(5)10/h5-6H,1-4H2,(H2,9,12). The first kappa shape index (κ1) is 7.58. The SMILES string of the molecule is NC(=O)N1CC(=O)C2CCCC21. The van der Waals surface area contributed by atoms with Crippen molar-refractivity contribution in [2.75, 3.05) is 6.54 Å². The predicted molar refractivity (Wildman–Crippen MR) is 42.4 cm³/mol. The molecule has 0 bridgehead atoms. The van der Waals surface area contributed by atoms with Gasteiger partial charge >= 0.3 is 6.03 Å². The van der Waals surface area contributed by atoms with E-state index in [4.69, 9.17) is 5.73 Å². The van der Waals surface area contributed by atoms with Crippen molar-refractivity contribution in [3.63, 3.8) is 0 Å². The second-order valence-electron chi connectivity index (χ2n) is 3.54. The summed E-state index contributed by atoms with van der Waals surface area (Å²) in [5.74, 6) is 0.286. The Morgan fingerprint density at radius 2 is 2.25 bits per heavy atom. The van der Waals surface area contributed by atoms with E-state index in [0.717, 1.165) is 19.3 Å². The molecule has 1 saturated carbocycles. The Hall–Kier alpha value is -1.06. The summed E-state index contributed by atoms with van der Waals surface area (Å²) in [5, 5.41) is 0. The average molecular weight is 168 g/mol. The minimum atomic E-state index is -0.447. The number of urea groups is 1. The van der Waals surface area contributed by atoms with Gasteiger partial charge < -0.3 is 10.6 Å². The molecule has 12 heavy (non-hydrogen) atoms. The van der Waals surface area contributed by atoms with Crippen LogP contribution in [0.25, 0.3) is 0 Å². The Morgan fingerprint density at radius 3 is 2.92 bits per heavy atom. The number of fused-ring (bicyclic) bond motifs is 1. The summed E-state index contributed by atoms with van der Waals surface area (Å²) in [6, 6.07) is -0.326. The molecule has 2 fully saturated rings. The quantitative estimate of drug-likeness (QED) is 0.558. The first-order valence-corrected chi connectivity index (χ1v) is 4.29. The van der Waals surface area contributed by atoms with Crippen molar-refractivity contribution in [3.05, 3.63) is 0 Å². The van der Waals surface area contributed by atoms with Crippen molar-refractivity contribution < 1.29 is 9.59 Å². The number of amides is 2. The molecule has 1 aliphatic carbocycles. The van der Waals surface area contributed by atoms with Crippen LogP contribution in [0, 0.1) is 5.92 Å². The number of carbonyl (C=O) groups is 2. The van der Waals surface area contributed by atoms with Crippen LogP contribution in [0.1, 0.15) is 19.3 Å². The molecule has 0 aromatic heterocycles. The van der Waals surface area contributed by atoms with E-state index in [9.17, 15) is 9.59 Å². The largest absolute Gasteiger partial charge is 0.351 e. The Morgan fingerprint density at radius 1 is 1.50 bits per heavy atom. The van der Waals surface area contributed by atoms with Crippen LogP contribution in [0.2, 0.25) is 0 Å². The third-order valence-corrected chi connectivity index (χ3v) is 2.90. The number of ketones is 1. The van der Waals surface area contributed by atoms with Crippen LogP contribution in [-0.2, 0) is 4.79 Å². The van der Waals surface area contributed by atoms with Crippen molar-refractivity contribution >= 4 is 11.8 Å². The van der Waals surface area contributed by atoms with E-state index in [2.05, 4.69) is 0 Å². The van der Waals surface area contributed by atoms with Crippen molar-refractivity contribution in [2.45, 2.75) is 25.3 Å². The molecular formula is C8H12N2O2. The van der Waals surface area contributed by atoms with Crippen LogP contribution in [0.5, 0.6) is 0 Å². The highest BCUT2D eigenvalue weighted by molar-refractivity contribution is 5.91. The van der Waals surface area contributed by atoms with E-state index >= 15 is 0 Å².